The molecule has 3 N–H and O–H groups in total. The van der Waals surface area contributed by atoms with E-state index in [2.05, 4.69) is 4.98 Å². The molecule has 0 unspecified atom stereocenters. The second-order valence-electron chi connectivity index (χ2n) is 2.89. The predicted molar refractivity (Wildman–Crippen MR) is 49.2 cm³/mol. The van der Waals surface area contributed by atoms with Crippen molar-refractivity contribution < 1.29 is 8.78 Å². The first kappa shape index (κ1) is 11.3. The summed E-state index contributed by atoms with van der Waals surface area (Å²) < 4.78 is 25.1. The minimum Gasteiger partial charge on any atom is -0.325 e. The maximum atomic E-state index is 12.5. The van der Waals surface area contributed by atoms with E-state index >= 15 is 0 Å². The van der Waals surface area contributed by atoms with Crippen LogP contribution in [0.5, 0.6) is 0 Å². The van der Waals surface area contributed by atoms with E-state index in [1.807, 2.05) is 0 Å². The van der Waals surface area contributed by atoms with Crippen molar-refractivity contribution in [1.82, 2.24) is 4.98 Å². The van der Waals surface area contributed by atoms with Crippen LogP contribution in [0.4, 0.5) is 8.78 Å². The highest BCUT2D eigenvalue weighted by molar-refractivity contribution is 5.33. The third-order valence-corrected chi connectivity index (χ3v) is 1.97. The Bertz CT molecular complexity index is 448. The molecule has 1 heterocycles. The van der Waals surface area contributed by atoms with Crippen LogP contribution in [0.1, 0.15) is 23.2 Å². The van der Waals surface area contributed by atoms with Crippen LogP contribution in [-0.4, -0.2) is 4.98 Å². The second-order valence-corrected chi connectivity index (χ2v) is 2.89. The number of rotatable bonds is 3. The lowest BCUT2D eigenvalue weighted by atomic mass is 10.0. The molecule has 80 valence electrons. The molecule has 0 spiro atoms. The van der Waals surface area contributed by atoms with Crippen LogP contribution < -0.4 is 11.3 Å². The van der Waals surface area contributed by atoms with E-state index in [1.165, 1.54) is 0 Å². The number of nitrogens with one attached hydrogen (secondary N) is 1. The highest BCUT2D eigenvalue weighted by atomic mass is 19.3. The highest BCUT2D eigenvalue weighted by Gasteiger charge is 2.16. The quantitative estimate of drug-likeness (QED) is 0.780. The third kappa shape index (κ3) is 2.39. The molecule has 0 saturated carbocycles. The fourth-order valence-corrected chi connectivity index (χ4v) is 1.32. The second kappa shape index (κ2) is 4.66. The largest absolute Gasteiger partial charge is 0.325 e. The average molecular weight is 213 g/mol. The first-order valence-electron chi connectivity index (χ1n) is 4.20. The van der Waals surface area contributed by atoms with E-state index in [9.17, 15) is 13.6 Å². The number of halogens is 2. The summed E-state index contributed by atoms with van der Waals surface area (Å²) in [4.78, 5) is 13.3. The van der Waals surface area contributed by atoms with E-state index in [0.29, 0.717) is 0 Å². The number of aromatic nitrogens is 1. The summed E-state index contributed by atoms with van der Waals surface area (Å²) in [5, 5.41) is 8.49. The van der Waals surface area contributed by atoms with Gasteiger partial charge in [0.25, 0.3) is 6.43 Å². The van der Waals surface area contributed by atoms with Gasteiger partial charge >= 0.3 is 0 Å². The predicted octanol–water partition coefficient (Wildman–Crippen LogP) is 0.837. The number of aromatic amines is 1. The molecule has 0 atom stereocenters. The number of H-pyrrole nitrogens is 1. The van der Waals surface area contributed by atoms with Gasteiger partial charge in [0.1, 0.15) is 0 Å². The van der Waals surface area contributed by atoms with Crippen molar-refractivity contribution in [2.45, 2.75) is 19.4 Å². The van der Waals surface area contributed by atoms with Crippen molar-refractivity contribution in [1.29, 1.82) is 5.26 Å². The molecular weight excluding hydrogens is 204 g/mol. The molecule has 1 aromatic rings. The van der Waals surface area contributed by atoms with Crippen molar-refractivity contribution >= 4 is 0 Å². The van der Waals surface area contributed by atoms with Crippen LogP contribution in [0.3, 0.4) is 0 Å². The molecule has 0 aliphatic rings. The van der Waals surface area contributed by atoms with Gasteiger partial charge in [-0.25, -0.2) is 8.78 Å². The van der Waals surface area contributed by atoms with E-state index in [-0.39, 0.29) is 24.2 Å². The fraction of sp³-hybridized carbons (Fsp3) is 0.333. The van der Waals surface area contributed by atoms with Gasteiger partial charge in [0.05, 0.1) is 12.5 Å². The number of hydrogen-bond donors (Lipinski definition) is 2. The number of pyridine rings is 1. The van der Waals surface area contributed by atoms with Crippen molar-refractivity contribution in [3.05, 3.63) is 33.2 Å². The molecular formula is C9H9F2N3O. The van der Waals surface area contributed by atoms with Crippen LogP contribution in [-0.2, 0) is 13.0 Å². The van der Waals surface area contributed by atoms with Gasteiger partial charge in [0.15, 0.2) is 0 Å². The molecule has 15 heavy (non-hydrogen) atoms. The summed E-state index contributed by atoms with van der Waals surface area (Å²) in [6.45, 7) is -0.0766. The van der Waals surface area contributed by atoms with Crippen LogP contribution >= 0.6 is 0 Å². The minimum atomic E-state index is -2.78. The SMILES string of the molecule is N#CCc1c(C(F)F)cc(=O)[nH]c1CN. The summed E-state index contributed by atoms with van der Waals surface area (Å²) in [5.41, 5.74) is 4.56. The number of nitriles is 1. The van der Waals surface area contributed by atoms with Crippen molar-refractivity contribution in [2.75, 3.05) is 0 Å². The van der Waals surface area contributed by atoms with E-state index < -0.39 is 17.5 Å². The number of nitrogens with two attached hydrogens (primary N) is 1. The third-order valence-electron chi connectivity index (χ3n) is 1.97. The molecule has 0 aliphatic carbocycles. The standard InChI is InChI=1S/C9H9F2N3O/c10-9(11)6-3-8(15)14-7(4-13)5(6)1-2-12/h3,9H,1,4,13H2,(H,14,15). The Labute approximate surface area is 84.3 Å². The zero-order chi connectivity index (χ0) is 11.4. The Hall–Kier alpha value is -1.74. The van der Waals surface area contributed by atoms with Gasteiger partial charge in [-0.05, 0) is 5.56 Å². The molecule has 0 amide bonds. The number of hydrogen-bond acceptors (Lipinski definition) is 3. The number of nitrogens with zero attached hydrogens (tertiary/aromatic N) is 1. The summed E-state index contributed by atoms with van der Waals surface area (Å²) in [5.74, 6) is 0. The smallest absolute Gasteiger partial charge is 0.264 e. The van der Waals surface area contributed by atoms with Gasteiger partial charge in [0, 0.05) is 23.9 Å². The van der Waals surface area contributed by atoms with Gasteiger partial charge in [-0.15, -0.1) is 0 Å². The summed E-state index contributed by atoms with van der Waals surface area (Å²) in [7, 11) is 0. The first-order chi connectivity index (χ1) is 7.10. The first-order valence-corrected chi connectivity index (χ1v) is 4.20. The zero-order valence-electron chi connectivity index (χ0n) is 7.76. The monoisotopic (exact) mass is 213 g/mol. The lowest BCUT2D eigenvalue weighted by Crippen LogP contribution is -2.17. The maximum absolute atomic E-state index is 12.5. The van der Waals surface area contributed by atoms with Gasteiger partial charge in [0.2, 0.25) is 5.56 Å². The fourth-order valence-electron chi connectivity index (χ4n) is 1.32. The van der Waals surface area contributed by atoms with Crippen LogP contribution in [0, 0.1) is 11.3 Å². The van der Waals surface area contributed by atoms with Gasteiger partial charge < -0.3 is 10.7 Å². The van der Waals surface area contributed by atoms with Crippen LogP contribution in [0.15, 0.2) is 10.9 Å². The maximum Gasteiger partial charge on any atom is 0.264 e. The van der Waals surface area contributed by atoms with E-state index in [0.717, 1.165) is 6.07 Å². The molecule has 6 heteroatoms. The average Bonchev–Trinajstić information content (AvgIpc) is 2.19. The lowest BCUT2D eigenvalue weighted by molar-refractivity contribution is 0.150. The summed E-state index contributed by atoms with van der Waals surface area (Å²) >= 11 is 0. The van der Waals surface area contributed by atoms with Gasteiger partial charge in [-0.2, -0.15) is 5.26 Å². The van der Waals surface area contributed by atoms with E-state index in [4.69, 9.17) is 11.0 Å². The number of alkyl halides is 2. The molecule has 0 fully saturated rings. The highest BCUT2D eigenvalue weighted by Crippen LogP contribution is 2.23. The molecule has 0 bridgehead atoms. The van der Waals surface area contributed by atoms with Gasteiger partial charge in [-0.1, -0.05) is 0 Å². The van der Waals surface area contributed by atoms with Crippen LogP contribution in [0.2, 0.25) is 0 Å². The van der Waals surface area contributed by atoms with Crippen molar-refractivity contribution in [3.63, 3.8) is 0 Å². The molecule has 1 aromatic heterocycles. The Morgan fingerprint density at radius 1 is 1.60 bits per heavy atom. The topological polar surface area (TPSA) is 82.7 Å². The van der Waals surface area contributed by atoms with Crippen molar-refractivity contribution in [2.24, 2.45) is 5.73 Å². The van der Waals surface area contributed by atoms with Crippen LogP contribution in [0.25, 0.3) is 0 Å². The minimum absolute atomic E-state index is 0.0766. The molecule has 0 aromatic carbocycles. The molecule has 0 radical (unpaired) electrons. The Morgan fingerprint density at radius 2 is 2.27 bits per heavy atom. The zero-order valence-corrected chi connectivity index (χ0v) is 7.76. The van der Waals surface area contributed by atoms with Gasteiger partial charge in [-0.3, -0.25) is 4.79 Å². The Kier molecular flexibility index (Phi) is 3.52. The Morgan fingerprint density at radius 3 is 2.73 bits per heavy atom. The normalized spacial score (nSPS) is 10.3. The molecule has 1 rings (SSSR count). The summed E-state index contributed by atoms with van der Waals surface area (Å²) in [6.07, 6.45) is -2.97. The Balaban J connectivity index is 3.41. The molecule has 0 saturated heterocycles. The lowest BCUT2D eigenvalue weighted by Gasteiger charge is -2.09. The van der Waals surface area contributed by atoms with E-state index in [1.54, 1.807) is 6.07 Å². The van der Waals surface area contributed by atoms with Crippen molar-refractivity contribution in [3.8, 4) is 6.07 Å². The summed E-state index contributed by atoms with van der Waals surface area (Å²) in [6, 6.07) is 2.56. The molecule has 0 aliphatic heterocycles. The molecule has 4 nitrogen and oxygen atoms in total.